The number of nitrogens with zero attached hydrogens (tertiary/aromatic N) is 4. The predicted octanol–water partition coefficient (Wildman–Crippen LogP) is 11.5. The molecule has 0 amide bonds. The van der Waals surface area contributed by atoms with Crippen molar-refractivity contribution in [3.05, 3.63) is 111 Å². The van der Waals surface area contributed by atoms with Gasteiger partial charge in [0.05, 0.1) is 28.3 Å². The van der Waals surface area contributed by atoms with Crippen LogP contribution >= 0.6 is 0 Å². The number of allylic oxidation sites excluding steroid dienone is 1. The number of hydrogen-bond acceptors (Lipinski definition) is 3. The Bertz CT molecular complexity index is 2200. The zero-order valence-corrected chi connectivity index (χ0v) is 34.0. The molecule has 0 radical (unpaired) electrons. The molecule has 268 valence electrons. The van der Waals surface area contributed by atoms with Crippen LogP contribution in [0.4, 0.5) is 0 Å². The van der Waals surface area contributed by atoms with E-state index in [4.69, 9.17) is 9.97 Å². The number of fused-ring (bicyclic) bond motifs is 9. The molecule has 2 aliphatic rings. The van der Waals surface area contributed by atoms with Crippen molar-refractivity contribution < 1.29 is 21.1 Å². The molecule has 8 bridgehead atoms. The van der Waals surface area contributed by atoms with Gasteiger partial charge in [-0.2, -0.15) is 0 Å². The van der Waals surface area contributed by atoms with Gasteiger partial charge in [0.25, 0.3) is 0 Å². The Hall–Kier alpha value is -4.08. The number of H-pyrrole nitrogens is 1. The van der Waals surface area contributed by atoms with E-state index in [9.17, 15) is 0 Å². The number of rotatable bonds is 8. The second-order valence-corrected chi connectivity index (χ2v) is 13.0. The Labute approximate surface area is 318 Å². The van der Waals surface area contributed by atoms with Gasteiger partial charge in [0.15, 0.2) is 0 Å². The first kappa shape index (κ1) is 38.2. The summed E-state index contributed by atoms with van der Waals surface area (Å²) < 4.78 is 2.57. The first-order chi connectivity index (χ1) is 24.4. The average Bonchev–Trinajstić information content (AvgIpc) is 3.93. The van der Waals surface area contributed by atoms with E-state index in [1.807, 2.05) is 30.5 Å². The summed E-state index contributed by atoms with van der Waals surface area (Å²) in [6.07, 6.45) is 15.3. The number of benzene rings is 1. The number of aryl methyl sites for hydroxylation is 7. The molecule has 0 atom stereocenters. The molecule has 4 aromatic heterocycles. The molecule has 1 aromatic carbocycles. The van der Waals surface area contributed by atoms with Crippen LogP contribution in [0.1, 0.15) is 118 Å². The van der Waals surface area contributed by atoms with Crippen LogP contribution < -0.4 is 0 Å². The van der Waals surface area contributed by atoms with Crippen molar-refractivity contribution in [2.75, 3.05) is 0 Å². The molecule has 5 aromatic rings. The van der Waals surface area contributed by atoms with E-state index in [0.29, 0.717) is 0 Å². The number of nitrogens with one attached hydrogen (secondary N) is 1. The van der Waals surface area contributed by atoms with Gasteiger partial charge in [-0.25, -0.2) is 9.97 Å². The van der Waals surface area contributed by atoms with Crippen LogP contribution in [0.5, 0.6) is 0 Å². The minimum absolute atomic E-state index is 0. The van der Waals surface area contributed by atoms with Crippen molar-refractivity contribution in [1.82, 2.24) is 24.5 Å². The Morgan fingerprint density at radius 3 is 1.80 bits per heavy atom. The maximum Gasteiger partial charge on any atom is 0.0722 e. The third-order valence-electron chi connectivity index (χ3n) is 10.4. The fraction of sp³-hybridized carbons (Fsp3) is 0.356. The summed E-state index contributed by atoms with van der Waals surface area (Å²) in [5, 5.41) is 1.20. The molecule has 5 nitrogen and oxygen atoms in total. The molecular weight excluding hydrogens is 806 g/mol. The van der Waals surface area contributed by atoms with Gasteiger partial charge in [-0.05, 0) is 128 Å². The van der Waals surface area contributed by atoms with E-state index in [1.54, 1.807) is 0 Å². The Morgan fingerprint density at radius 2 is 1.20 bits per heavy atom. The summed E-state index contributed by atoms with van der Waals surface area (Å²) >= 11 is 0. The van der Waals surface area contributed by atoms with Gasteiger partial charge in [-0.15, -0.1) is 0 Å². The average molecular weight is 859 g/mol. The number of aromatic amines is 1. The third kappa shape index (κ3) is 7.20. The molecule has 0 unspecified atom stereocenters. The smallest absolute Gasteiger partial charge is 0.0722 e. The summed E-state index contributed by atoms with van der Waals surface area (Å²) in [5.41, 5.74) is 20.5. The fourth-order valence-electron chi connectivity index (χ4n) is 8.10. The van der Waals surface area contributed by atoms with Crippen molar-refractivity contribution in [2.45, 2.75) is 107 Å². The SMILES string of the molecule is CCC1=Cc2cc3nc(cc4c(CC)c(CC)c(c(CC)c5[nH]c(c(CC)c1n2)c(CC)c5CC)n4CC)C=C3.[Pt].c1ccc2ncccc2c1. The quantitative estimate of drug-likeness (QED) is 0.166. The predicted molar refractivity (Wildman–Crippen MR) is 215 cm³/mol. The zero-order valence-electron chi connectivity index (χ0n) is 31.7. The second kappa shape index (κ2) is 17.0. The maximum absolute atomic E-state index is 5.22. The normalized spacial score (nSPS) is 12.0. The van der Waals surface area contributed by atoms with Crippen LogP contribution in [0, 0.1) is 0 Å². The van der Waals surface area contributed by atoms with E-state index in [-0.39, 0.29) is 21.1 Å². The van der Waals surface area contributed by atoms with E-state index in [1.165, 1.54) is 66.4 Å². The molecule has 0 aliphatic carbocycles. The Morgan fingerprint density at radius 1 is 0.588 bits per heavy atom. The number of aromatic nitrogens is 5. The molecule has 0 saturated carbocycles. The molecule has 0 spiro atoms. The van der Waals surface area contributed by atoms with Crippen LogP contribution in [-0.4, -0.2) is 24.5 Å². The molecule has 2 aliphatic heterocycles. The second-order valence-electron chi connectivity index (χ2n) is 13.0. The summed E-state index contributed by atoms with van der Waals surface area (Å²) in [5.74, 6) is 0. The van der Waals surface area contributed by atoms with Crippen molar-refractivity contribution in [3.8, 4) is 0 Å². The monoisotopic (exact) mass is 858 g/mol. The number of pyridine rings is 1. The van der Waals surface area contributed by atoms with Crippen molar-refractivity contribution >= 4 is 56.8 Å². The van der Waals surface area contributed by atoms with Crippen molar-refractivity contribution in [2.24, 2.45) is 0 Å². The maximum atomic E-state index is 5.22. The van der Waals surface area contributed by atoms with Gasteiger partial charge in [-0.1, -0.05) is 72.7 Å². The molecule has 1 N–H and O–H groups in total. The van der Waals surface area contributed by atoms with E-state index >= 15 is 0 Å². The molecule has 0 fully saturated rings. The Kier molecular flexibility index (Phi) is 12.7. The van der Waals surface area contributed by atoms with Gasteiger partial charge in [0, 0.05) is 66.8 Å². The summed E-state index contributed by atoms with van der Waals surface area (Å²) in [7, 11) is 0. The van der Waals surface area contributed by atoms with Crippen LogP contribution in [0.25, 0.3) is 56.8 Å². The molecular formula is C45H53N5Pt. The molecule has 51 heavy (non-hydrogen) atoms. The van der Waals surface area contributed by atoms with Gasteiger partial charge in [0.1, 0.15) is 0 Å². The van der Waals surface area contributed by atoms with Crippen LogP contribution in [0.15, 0.2) is 54.7 Å². The van der Waals surface area contributed by atoms with Gasteiger partial charge in [0.2, 0.25) is 0 Å². The van der Waals surface area contributed by atoms with E-state index in [0.717, 1.165) is 79.8 Å². The Balaban J connectivity index is 0.000000391. The fourth-order valence-corrected chi connectivity index (χ4v) is 8.10. The largest absolute Gasteiger partial charge is 0.354 e. The van der Waals surface area contributed by atoms with Crippen LogP contribution in [-0.2, 0) is 66.1 Å². The third-order valence-corrected chi connectivity index (χ3v) is 10.4. The topological polar surface area (TPSA) is 59.4 Å². The van der Waals surface area contributed by atoms with Crippen LogP contribution in [0.3, 0.4) is 0 Å². The summed E-state index contributed by atoms with van der Waals surface area (Å²) in [6.45, 7) is 19.3. The van der Waals surface area contributed by atoms with Gasteiger partial charge < -0.3 is 9.55 Å². The van der Waals surface area contributed by atoms with Crippen molar-refractivity contribution in [1.29, 1.82) is 0 Å². The minimum Gasteiger partial charge on any atom is -0.354 e. The molecule has 7 rings (SSSR count). The zero-order chi connectivity index (χ0) is 35.4. The van der Waals surface area contributed by atoms with Gasteiger partial charge >= 0.3 is 0 Å². The molecule has 0 saturated heterocycles. The van der Waals surface area contributed by atoms with Crippen molar-refractivity contribution in [3.63, 3.8) is 0 Å². The first-order valence-electron chi connectivity index (χ1n) is 18.9. The molecule has 6 heteroatoms. The molecule has 6 heterocycles. The van der Waals surface area contributed by atoms with Crippen LogP contribution in [0.2, 0.25) is 0 Å². The standard InChI is InChI=1S/C36H46N4.C9H7N.Pt/c1-9-22-19-25-20-23-17-18-24(37-23)21-32-26(10-2)29(13-5)36(40(32)16-8)31(15-7)35-28(12-4)27(11-3)34(39-35)30(14-6)33(22)38-25;1-2-6-9-8(4-1)5-3-7-10-9;/h17-21,39H,9-16H2,1-8H3;1-7H;. The number of para-hydroxylation sites is 1. The van der Waals surface area contributed by atoms with E-state index in [2.05, 4.69) is 112 Å². The van der Waals surface area contributed by atoms with E-state index < -0.39 is 0 Å². The minimum atomic E-state index is 0. The number of hydrogen-bond donors (Lipinski definition) is 1. The first-order valence-corrected chi connectivity index (χ1v) is 18.9. The van der Waals surface area contributed by atoms with Gasteiger partial charge in [-0.3, -0.25) is 4.98 Å². The summed E-state index contributed by atoms with van der Waals surface area (Å²) in [6, 6.07) is 16.5. The summed E-state index contributed by atoms with van der Waals surface area (Å²) in [4.78, 5) is 18.5.